The second-order valence-electron chi connectivity index (χ2n) is 6.86. The molecule has 6 N–H and O–H groups in total. The number of aliphatic imine (C=N–C) groups is 1. The maximum Gasteiger partial charge on any atom is 0.253 e. The van der Waals surface area contributed by atoms with Gasteiger partial charge in [-0.1, -0.05) is 18.7 Å². The van der Waals surface area contributed by atoms with Gasteiger partial charge in [0.05, 0.1) is 12.7 Å². The lowest BCUT2D eigenvalue weighted by atomic mass is 10.2. The molecule has 0 spiro atoms. The summed E-state index contributed by atoms with van der Waals surface area (Å²) in [5.41, 5.74) is 7.68. The predicted octanol–water partition coefficient (Wildman–Crippen LogP) is 2.39. The number of rotatable bonds is 8. The lowest BCUT2D eigenvalue weighted by Crippen LogP contribution is -2.51. The van der Waals surface area contributed by atoms with E-state index >= 15 is 0 Å². The SMILES string of the molecule is C=CC(=O)Nc1cccc(NC2=C(C(N)=O)C=NC(C)(Nc3cccc(OC)c3)N2)c1. The number of benzene rings is 2. The number of nitrogens with zero attached hydrogens (tertiary/aromatic N) is 1. The van der Waals surface area contributed by atoms with Crippen LogP contribution in [0.15, 0.2) is 77.6 Å². The van der Waals surface area contributed by atoms with Crippen molar-refractivity contribution in [1.82, 2.24) is 5.32 Å². The topological polar surface area (TPSA) is 130 Å². The molecule has 9 heteroatoms. The number of hydrogen-bond donors (Lipinski definition) is 5. The van der Waals surface area contributed by atoms with Crippen LogP contribution in [0.25, 0.3) is 0 Å². The molecule has 0 fully saturated rings. The number of primary amides is 1. The summed E-state index contributed by atoms with van der Waals surface area (Å²) < 4.78 is 5.25. The van der Waals surface area contributed by atoms with Crippen LogP contribution >= 0.6 is 0 Å². The van der Waals surface area contributed by atoms with E-state index in [1.54, 1.807) is 31.4 Å². The zero-order chi connectivity index (χ0) is 22.4. The average Bonchev–Trinajstić information content (AvgIpc) is 2.73. The molecular formula is C22H24N6O3. The molecule has 0 saturated heterocycles. The Kier molecular flexibility index (Phi) is 6.25. The number of amides is 2. The molecule has 2 aromatic rings. The third-order valence-electron chi connectivity index (χ3n) is 4.40. The van der Waals surface area contributed by atoms with Crippen LogP contribution in [0.5, 0.6) is 5.75 Å². The fraction of sp³-hybridized carbons (Fsp3) is 0.136. The zero-order valence-corrected chi connectivity index (χ0v) is 17.2. The van der Waals surface area contributed by atoms with Crippen molar-refractivity contribution in [3.63, 3.8) is 0 Å². The number of carbonyl (C=O) groups excluding carboxylic acids is 2. The fourth-order valence-corrected chi connectivity index (χ4v) is 2.94. The van der Waals surface area contributed by atoms with Crippen LogP contribution in [0, 0.1) is 0 Å². The van der Waals surface area contributed by atoms with E-state index in [-0.39, 0.29) is 11.5 Å². The molecule has 9 nitrogen and oxygen atoms in total. The second kappa shape index (κ2) is 9.04. The van der Waals surface area contributed by atoms with Crippen molar-refractivity contribution >= 4 is 35.1 Å². The molecule has 1 unspecified atom stereocenters. The van der Waals surface area contributed by atoms with Gasteiger partial charge in [0.1, 0.15) is 11.6 Å². The average molecular weight is 420 g/mol. The van der Waals surface area contributed by atoms with Crippen LogP contribution in [0.4, 0.5) is 17.1 Å². The van der Waals surface area contributed by atoms with Gasteiger partial charge in [0.15, 0.2) is 0 Å². The van der Waals surface area contributed by atoms with Gasteiger partial charge < -0.3 is 31.7 Å². The number of nitrogens with two attached hydrogens (primary N) is 1. The minimum absolute atomic E-state index is 0.186. The minimum Gasteiger partial charge on any atom is -0.497 e. The summed E-state index contributed by atoms with van der Waals surface area (Å²) in [6, 6.07) is 14.4. The monoisotopic (exact) mass is 420 g/mol. The first-order valence-electron chi connectivity index (χ1n) is 9.42. The molecule has 1 heterocycles. The lowest BCUT2D eigenvalue weighted by Gasteiger charge is -2.34. The molecule has 1 atom stereocenters. The number of ether oxygens (including phenoxy) is 1. The maximum atomic E-state index is 11.9. The third kappa shape index (κ3) is 5.41. The molecule has 0 bridgehead atoms. The molecule has 0 aromatic heterocycles. The van der Waals surface area contributed by atoms with Crippen LogP contribution < -0.4 is 31.7 Å². The van der Waals surface area contributed by atoms with Gasteiger partial charge in [0, 0.05) is 29.3 Å². The molecule has 1 aliphatic rings. The highest BCUT2D eigenvalue weighted by atomic mass is 16.5. The fourth-order valence-electron chi connectivity index (χ4n) is 2.94. The van der Waals surface area contributed by atoms with Crippen molar-refractivity contribution in [2.75, 3.05) is 23.1 Å². The Morgan fingerprint density at radius 2 is 1.87 bits per heavy atom. The second-order valence-corrected chi connectivity index (χ2v) is 6.86. The molecule has 2 amide bonds. The molecule has 0 radical (unpaired) electrons. The van der Waals surface area contributed by atoms with E-state index < -0.39 is 11.7 Å². The highest BCUT2D eigenvalue weighted by Crippen LogP contribution is 2.24. The predicted molar refractivity (Wildman–Crippen MR) is 122 cm³/mol. The van der Waals surface area contributed by atoms with E-state index in [9.17, 15) is 9.59 Å². The first-order chi connectivity index (χ1) is 14.8. The van der Waals surface area contributed by atoms with Gasteiger partial charge in [-0.05, 0) is 43.3 Å². The summed E-state index contributed by atoms with van der Waals surface area (Å²) in [7, 11) is 1.59. The van der Waals surface area contributed by atoms with Gasteiger partial charge in [-0.2, -0.15) is 0 Å². The van der Waals surface area contributed by atoms with E-state index in [0.717, 1.165) is 5.69 Å². The number of hydrogen-bond acceptors (Lipinski definition) is 7. The lowest BCUT2D eigenvalue weighted by molar-refractivity contribution is -0.114. The number of anilines is 3. The van der Waals surface area contributed by atoms with Crippen LogP contribution in [-0.2, 0) is 9.59 Å². The first kappa shape index (κ1) is 21.4. The normalized spacial score (nSPS) is 17.4. The molecular weight excluding hydrogens is 396 g/mol. The summed E-state index contributed by atoms with van der Waals surface area (Å²) in [4.78, 5) is 27.9. The van der Waals surface area contributed by atoms with E-state index in [2.05, 4.69) is 32.8 Å². The minimum atomic E-state index is -0.970. The van der Waals surface area contributed by atoms with Gasteiger partial charge in [-0.25, -0.2) is 4.99 Å². The van der Waals surface area contributed by atoms with Crippen LogP contribution in [0.2, 0.25) is 0 Å². The number of carbonyl (C=O) groups is 2. The van der Waals surface area contributed by atoms with Crippen molar-refractivity contribution in [2.24, 2.45) is 10.7 Å². The van der Waals surface area contributed by atoms with E-state index in [1.165, 1.54) is 12.3 Å². The Hall–Kier alpha value is -4.27. The van der Waals surface area contributed by atoms with Gasteiger partial charge in [0.25, 0.3) is 5.91 Å². The van der Waals surface area contributed by atoms with E-state index in [1.807, 2.05) is 31.2 Å². The first-order valence-corrected chi connectivity index (χ1v) is 9.42. The van der Waals surface area contributed by atoms with Crippen molar-refractivity contribution in [1.29, 1.82) is 0 Å². The van der Waals surface area contributed by atoms with Crippen molar-refractivity contribution in [2.45, 2.75) is 12.7 Å². The van der Waals surface area contributed by atoms with Gasteiger partial charge in [0.2, 0.25) is 11.7 Å². The summed E-state index contributed by atoms with van der Waals surface area (Å²) in [5.74, 6) is -0.876. The highest BCUT2D eigenvalue weighted by Gasteiger charge is 2.29. The smallest absolute Gasteiger partial charge is 0.253 e. The zero-order valence-electron chi connectivity index (χ0n) is 17.2. The van der Waals surface area contributed by atoms with Crippen LogP contribution in [-0.4, -0.2) is 30.9 Å². The molecule has 0 saturated carbocycles. The third-order valence-corrected chi connectivity index (χ3v) is 4.40. The Morgan fingerprint density at radius 3 is 2.58 bits per heavy atom. The molecule has 2 aromatic carbocycles. The molecule has 160 valence electrons. The van der Waals surface area contributed by atoms with Crippen molar-refractivity contribution in [3.05, 3.63) is 72.6 Å². The van der Waals surface area contributed by atoms with Gasteiger partial charge in [-0.3, -0.25) is 9.59 Å². The number of nitrogens with one attached hydrogen (secondary N) is 4. The molecule has 1 aliphatic heterocycles. The Balaban J connectivity index is 1.84. The molecule has 0 aliphatic carbocycles. The Bertz CT molecular complexity index is 1080. The summed E-state index contributed by atoms with van der Waals surface area (Å²) in [6.07, 6.45) is 2.60. The maximum absolute atomic E-state index is 11.9. The van der Waals surface area contributed by atoms with Crippen LogP contribution in [0.1, 0.15) is 6.92 Å². The quantitative estimate of drug-likeness (QED) is 0.417. The van der Waals surface area contributed by atoms with Gasteiger partial charge >= 0.3 is 0 Å². The summed E-state index contributed by atoms with van der Waals surface area (Å²) in [5, 5.41) is 12.3. The molecule has 31 heavy (non-hydrogen) atoms. The Morgan fingerprint density at radius 1 is 1.16 bits per heavy atom. The largest absolute Gasteiger partial charge is 0.497 e. The standard InChI is InChI=1S/C22H24N6O3/c1-4-19(29)25-14-7-5-8-15(11-14)26-21-18(20(23)30)13-24-22(2,28-21)27-16-9-6-10-17(12-16)31-3/h4-13,26-28H,1H2,2-3H3,(H2,23,30)(H,25,29). The van der Waals surface area contributed by atoms with Crippen molar-refractivity contribution in [3.8, 4) is 5.75 Å². The van der Waals surface area contributed by atoms with E-state index in [4.69, 9.17) is 10.5 Å². The Labute approximate surface area is 180 Å². The summed E-state index contributed by atoms with van der Waals surface area (Å²) >= 11 is 0. The van der Waals surface area contributed by atoms with Gasteiger partial charge in [-0.15, -0.1) is 0 Å². The highest BCUT2D eigenvalue weighted by molar-refractivity contribution is 6.13. The van der Waals surface area contributed by atoms with Crippen molar-refractivity contribution < 1.29 is 14.3 Å². The number of methoxy groups -OCH3 is 1. The summed E-state index contributed by atoms with van der Waals surface area (Å²) in [6.45, 7) is 5.25. The molecule has 3 rings (SSSR count). The van der Waals surface area contributed by atoms with Crippen LogP contribution in [0.3, 0.4) is 0 Å². The van der Waals surface area contributed by atoms with E-state index in [0.29, 0.717) is 22.9 Å².